The van der Waals surface area contributed by atoms with Crippen LogP contribution in [0.25, 0.3) is 56.5 Å². The van der Waals surface area contributed by atoms with Gasteiger partial charge < -0.3 is 19.6 Å². The van der Waals surface area contributed by atoms with Crippen LogP contribution in [0.2, 0.25) is 0 Å². The van der Waals surface area contributed by atoms with E-state index in [2.05, 4.69) is 69.0 Å². The lowest BCUT2D eigenvalue weighted by Crippen LogP contribution is -1.89. The number of aldehydes is 2. The lowest BCUT2D eigenvalue weighted by molar-refractivity contribution is -0.108. The number of allylic oxidation sites excluding steroid dienone is 4. The molecular formula is C34H34N4O2. The topological polar surface area (TPSA) is 91.5 Å². The van der Waals surface area contributed by atoms with E-state index in [-0.39, 0.29) is 0 Å². The van der Waals surface area contributed by atoms with Crippen LogP contribution in [-0.4, -0.2) is 32.5 Å². The molecule has 3 aromatic heterocycles. The monoisotopic (exact) mass is 530 g/mol. The third-order valence-corrected chi connectivity index (χ3v) is 8.07. The van der Waals surface area contributed by atoms with Crippen molar-refractivity contribution < 1.29 is 9.59 Å². The Bertz CT molecular complexity index is 1810. The van der Waals surface area contributed by atoms with E-state index in [0.29, 0.717) is 25.7 Å². The van der Waals surface area contributed by atoms with E-state index in [0.717, 1.165) is 102 Å². The predicted octanol–water partition coefficient (Wildman–Crippen LogP) is 8.04. The molecule has 202 valence electrons. The van der Waals surface area contributed by atoms with Gasteiger partial charge in [0.15, 0.2) is 0 Å². The minimum atomic E-state index is 0.412. The van der Waals surface area contributed by atoms with Crippen LogP contribution in [0.4, 0.5) is 0 Å². The Balaban J connectivity index is 1.96. The summed E-state index contributed by atoms with van der Waals surface area (Å²) in [7, 11) is 0. The van der Waals surface area contributed by atoms with Crippen molar-refractivity contribution in [3.8, 4) is 0 Å². The molecule has 0 atom stereocenters. The molecule has 40 heavy (non-hydrogen) atoms. The molecule has 0 saturated heterocycles. The van der Waals surface area contributed by atoms with Crippen molar-refractivity contribution in [3.63, 3.8) is 0 Å². The van der Waals surface area contributed by atoms with Crippen LogP contribution in [0.1, 0.15) is 84.6 Å². The fraction of sp³-hybridized carbons (Fsp3) is 0.235. The Morgan fingerprint density at radius 3 is 1.50 bits per heavy atom. The number of aromatic nitrogens is 4. The van der Waals surface area contributed by atoms with Gasteiger partial charge in [0.05, 0.1) is 22.8 Å². The molecule has 0 amide bonds. The highest BCUT2D eigenvalue weighted by atomic mass is 16.1. The van der Waals surface area contributed by atoms with Crippen LogP contribution in [0.15, 0.2) is 37.4 Å². The van der Waals surface area contributed by atoms with Gasteiger partial charge in [-0.05, 0) is 98.2 Å². The highest BCUT2D eigenvalue weighted by molar-refractivity contribution is 5.96. The zero-order chi connectivity index (χ0) is 28.6. The molecule has 0 aliphatic carbocycles. The molecule has 0 fully saturated rings. The van der Waals surface area contributed by atoms with Crippen LogP contribution in [0.3, 0.4) is 0 Å². The fourth-order valence-corrected chi connectivity index (χ4v) is 5.71. The first kappa shape index (κ1) is 27.0. The van der Waals surface area contributed by atoms with Crippen molar-refractivity contribution in [2.24, 2.45) is 0 Å². The van der Waals surface area contributed by atoms with E-state index in [4.69, 9.17) is 9.97 Å². The Kier molecular flexibility index (Phi) is 7.35. The molecule has 6 heteroatoms. The van der Waals surface area contributed by atoms with Crippen LogP contribution in [-0.2, 0) is 9.59 Å². The van der Waals surface area contributed by atoms with Gasteiger partial charge in [-0.3, -0.25) is 0 Å². The van der Waals surface area contributed by atoms with Crippen molar-refractivity contribution in [1.29, 1.82) is 0 Å². The first-order chi connectivity index (χ1) is 19.3. The summed E-state index contributed by atoms with van der Waals surface area (Å²) in [5.74, 6) is 0. The zero-order valence-electron chi connectivity index (χ0n) is 23.6. The Labute approximate surface area is 234 Å². The Morgan fingerprint density at radius 1 is 0.625 bits per heavy atom. The number of aryl methyl sites for hydroxylation is 2. The number of H-pyrrole nitrogens is 2. The quantitative estimate of drug-likeness (QED) is 0.288. The average Bonchev–Trinajstić information content (AvgIpc) is 3.59. The molecular weight excluding hydrogens is 496 g/mol. The van der Waals surface area contributed by atoms with Crippen molar-refractivity contribution in [2.75, 3.05) is 0 Å². The summed E-state index contributed by atoms with van der Waals surface area (Å²) < 4.78 is 0. The maximum Gasteiger partial charge on any atom is 0.120 e. The van der Waals surface area contributed by atoms with Gasteiger partial charge in [0, 0.05) is 46.0 Å². The number of nitrogens with one attached hydrogen (secondary N) is 2. The van der Waals surface area contributed by atoms with Gasteiger partial charge in [-0.2, -0.15) is 0 Å². The van der Waals surface area contributed by atoms with Crippen molar-refractivity contribution in [3.05, 3.63) is 82.5 Å². The average molecular weight is 531 g/mol. The zero-order valence-corrected chi connectivity index (χ0v) is 23.6. The molecule has 3 aromatic rings. The first-order valence-electron chi connectivity index (χ1n) is 13.6. The summed E-state index contributed by atoms with van der Waals surface area (Å²) >= 11 is 0. The molecule has 0 unspecified atom stereocenters. The summed E-state index contributed by atoms with van der Waals surface area (Å²) in [6.07, 6.45) is 7.65. The maximum atomic E-state index is 11.3. The number of carbonyl (C=O) groups is 2. The van der Waals surface area contributed by atoms with Gasteiger partial charge in [-0.25, -0.2) is 9.97 Å². The molecule has 0 aromatic carbocycles. The van der Waals surface area contributed by atoms with Crippen LogP contribution < -0.4 is 0 Å². The smallest absolute Gasteiger partial charge is 0.120 e. The number of hydrogen-bond acceptors (Lipinski definition) is 4. The van der Waals surface area contributed by atoms with Crippen molar-refractivity contribution in [2.45, 2.75) is 53.4 Å². The van der Waals surface area contributed by atoms with Crippen LogP contribution in [0.5, 0.6) is 0 Å². The highest BCUT2D eigenvalue weighted by Gasteiger charge is 2.21. The molecule has 2 aliphatic heterocycles. The van der Waals surface area contributed by atoms with E-state index in [1.165, 1.54) is 0 Å². The van der Waals surface area contributed by atoms with Crippen LogP contribution in [0, 0.1) is 13.8 Å². The maximum absolute atomic E-state index is 11.3. The van der Waals surface area contributed by atoms with Gasteiger partial charge in [-0.15, -0.1) is 0 Å². The van der Waals surface area contributed by atoms with E-state index in [9.17, 15) is 9.59 Å². The van der Waals surface area contributed by atoms with Crippen molar-refractivity contribution >= 4 is 69.1 Å². The molecule has 0 saturated carbocycles. The summed E-state index contributed by atoms with van der Waals surface area (Å²) in [6, 6.07) is 8.25. The minimum absolute atomic E-state index is 0.412. The summed E-state index contributed by atoms with van der Waals surface area (Å²) in [4.78, 5) is 39.9. The number of carbonyl (C=O) groups excluding carboxylic acids is 2. The van der Waals surface area contributed by atoms with Gasteiger partial charge >= 0.3 is 0 Å². The van der Waals surface area contributed by atoms with E-state index in [1.807, 2.05) is 18.2 Å². The number of nitrogens with zero attached hydrogens (tertiary/aromatic N) is 2. The molecule has 5 heterocycles. The minimum Gasteiger partial charge on any atom is -0.355 e. The third kappa shape index (κ3) is 4.60. The van der Waals surface area contributed by atoms with E-state index in [1.54, 1.807) is 0 Å². The standard InChI is InChI=1S/C34H34N4O2/c1-7-23-19(3)27-15-28-21(5)25(11-9-13-39)33(37-28)18-34-26(12-10-14-40)22(6)30(38-34)17-32-24(8-2)20(4)29(36-32)16-31(23)35-27/h7-8,13-18,35-36H,1-2,9-12H2,3-6H3. The van der Waals surface area contributed by atoms with Crippen LogP contribution >= 0.6 is 0 Å². The SMILES string of the molecule is C=Cc1c(C)c2cc3[nH]c(cc4nc(cc5nc(cc1[nH]2)C(C)=C5CCC=O)C(CCC=O)=C4C)c(C)c3C=C. The van der Waals surface area contributed by atoms with Gasteiger partial charge in [0.25, 0.3) is 0 Å². The Morgan fingerprint density at radius 2 is 1.05 bits per heavy atom. The summed E-state index contributed by atoms with van der Waals surface area (Å²) in [5, 5.41) is 0. The first-order valence-corrected chi connectivity index (χ1v) is 13.6. The second kappa shape index (κ2) is 10.9. The second-order valence-electron chi connectivity index (χ2n) is 10.4. The van der Waals surface area contributed by atoms with Gasteiger partial charge in [0.2, 0.25) is 0 Å². The summed E-state index contributed by atoms with van der Waals surface area (Å²) in [5.41, 5.74) is 15.5. The number of hydrogen-bond donors (Lipinski definition) is 2. The highest BCUT2D eigenvalue weighted by Crippen LogP contribution is 2.37. The lowest BCUT2D eigenvalue weighted by atomic mass is 9.98. The fourth-order valence-electron chi connectivity index (χ4n) is 5.71. The third-order valence-electron chi connectivity index (χ3n) is 8.07. The summed E-state index contributed by atoms with van der Waals surface area (Å²) in [6.45, 7) is 16.4. The number of aromatic amines is 2. The predicted molar refractivity (Wildman–Crippen MR) is 166 cm³/mol. The number of rotatable bonds is 8. The number of fused-ring (bicyclic) bond motifs is 8. The molecule has 2 N–H and O–H groups in total. The molecule has 0 radical (unpaired) electrons. The van der Waals surface area contributed by atoms with E-state index >= 15 is 0 Å². The Hall–Kier alpha value is -4.58. The van der Waals surface area contributed by atoms with Crippen molar-refractivity contribution in [1.82, 2.24) is 19.9 Å². The molecule has 0 spiro atoms. The lowest BCUT2D eigenvalue weighted by Gasteiger charge is -2.04. The molecule has 2 aliphatic rings. The molecule has 8 bridgehead atoms. The molecule has 6 nitrogen and oxygen atoms in total. The molecule has 5 rings (SSSR count). The van der Waals surface area contributed by atoms with E-state index < -0.39 is 0 Å². The second-order valence-corrected chi connectivity index (χ2v) is 10.4. The largest absolute Gasteiger partial charge is 0.355 e. The van der Waals surface area contributed by atoms with Gasteiger partial charge in [-0.1, -0.05) is 25.3 Å². The normalized spacial score (nSPS) is 13.1. The van der Waals surface area contributed by atoms with Gasteiger partial charge in [0.1, 0.15) is 12.6 Å².